The summed E-state index contributed by atoms with van der Waals surface area (Å²) in [6.45, 7) is 8.36. The second kappa shape index (κ2) is 5.75. The molecule has 0 amide bonds. The smallest absolute Gasteiger partial charge is 0.222 e. The van der Waals surface area contributed by atoms with Gasteiger partial charge in [-0.3, -0.25) is 4.79 Å². The molecule has 0 aliphatic carbocycles. The lowest BCUT2D eigenvalue weighted by Crippen LogP contribution is -2.21. The number of methoxy groups -OCH3 is 1. The van der Waals surface area contributed by atoms with Crippen LogP contribution in [-0.4, -0.2) is 12.4 Å². The van der Waals surface area contributed by atoms with Crippen molar-refractivity contribution in [1.29, 1.82) is 0 Å². The van der Waals surface area contributed by atoms with E-state index in [2.05, 4.69) is 26.8 Å². The van der Waals surface area contributed by atoms with Gasteiger partial charge in [-0.15, -0.1) is 0 Å². The fraction of sp³-hybridized carbons (Fsp3) is 0.533. The lowest BCUT2D eigenvalue weighted by atomic mass is 9.74. The van der Waals surface area contributed by atoms with Crippen LogP contribution >= 0.6 is 11.6 Å². The maximum Gasteiger partial charge on any atom is 0.222 e. The summed E-state index contributed by atoms with van der Waals surface area (Å²) < 4.78 is 5.40. The van der Waals surface area contributed by atoms with Crippen LogP contribution in [0.1, 0.15) is 44.2 Å². The molecule has 1 unspecified atom stereocenters. The molecule has 1 atom stereocenters. The summed E-state index contributed by atoms with van der Waals surface area (Å²) in [6, 6.07) is 6.03. The van der Waals surface area contributed by atoms with Gasteiger partial charge in [-0.2, -0.15) is 0 Å². The van der Waals surface area contributed by atoms with Crippen LogP contribution in [-0.2, 0) is 4.79 Å². The molecule has 0 saturated heterocycles. The summed E-state index contributed by atoms with van der Waals surface area (Å²) in [5.74, 6) is 0.871. The largest absolute Gasteiger partial charge is 0.496 e. The first kappa shape index (κ1) is 15.0. The minimum atomic E-state index is -0.307. The van der Waals surface area contributed by atoms with Crippen molar-refractivity contribution >= 4 is 16.8 Å². The third kappa shape index (κ3) is 3.74. The molecule has 100 valence electrons. The van der Waals surface area contributed by atoms with Crippen LogP contribution in [0.15, 0.2) is 18.2 Å². The summed E-state index contributed by atoms with van der Waals surface area (Å²) in [7, 11) is 1.65. The van der Waals surface area contributed by atoms with Gasteiger partial charge in [0.05, 0.1) is 7.11 Å². The van der Waals surface area contributed by atoms with Crippen LogP contribution in [0.25, 0.3) is 0 Å². The Hall–Kier alpha value is -1.02. The molecule has 0 radical (unpaired) electrons. The molecule has 0 spiro atoms. The van der Waals surface area contributed by atoms with Crippen LogP contribution in [0.3, 0.4) is 0 Å². The highest BCUT2D eigenvalue weighted by atomic mass is 35.5. The van der Waals surface area contributed by atoms with Gasteiger partial charge in [0, 0.05) is 12.3 Å². The average molecular weight is 269 g/mol. The van der Waals surface area contributed by atoms with Crippen molar-refractivity contribution in [2.24, 2.45) is 5.41 Å². The summed E-state index contributed by atoms with van der Waals surface area (Å²) in [4.78, 5) is 11.3. The number of benzene rings is 1. The molecule has 1 rings (SSSR count). The van der Waals surface area contributed by atoms with Crippen LogP contribution in [0.5, 0.6) is 5.75 Å². The highest BCUT2D eigenvalue weighted by Gasteiger charge is 2.30. The van der Waals surface area contributed by atoms with Crippen molar-refractivity contribution in [2.45, 2.75) is 40.0 Å². The van der Waals surface area contributed by atoms with Crippen molar-refractivity contribution in [3.05, 3.63) is 29.3 Å². The summed E-state index contributed by atoms with van der Waals surface area (Å²) in [6.07, 6.45) is 0.324. The molecule has 2 nitrogen and oxygen atoms in total. The van der Waals surface area contributed by atoms with Crippen LogP contribution in [0, 0.1) is 12.3 Å². The molecule has 0 fully saturated rings. The molecule has 0 bridgehead atoms. The molecular weight excluding hydrogens is 248 g/mol. The Bertz CT molecular complexity index is 433. The lowest BCUT2D eigenvalue weighted by Gasteiger charge is -2.31. The molecule has 18 heavy (non-hydrogen) atoms. The van der Waals surface area contributed by atoms with Crippen molar-refractivity contribution in [3.63, 3.8) is 0 Å². The number of ether oxygens (including phenoxy) is 1. The third-order valence-electron chi connectivity index (χ3n) is 3.17. The molecule has 0 saturated carbocycles. The van der Waals surface area contributed by atoms with Gasteiger partial charge in [0.25, 0.3) is 0 Å². The maximum absolute atomic E-state index is 11.3. The van der Waals surface area contributed by atoms with Crippen molar-refractivity contribution < 1.29 is 9.53 Å². The van der Waals surface area contributed by atoms with Crippen LogP contribution in [0.4, 0.5) is 0 Å². The van der Waals surface area contributed by atoms with E-state index >= 15 is 0 Å². The van der Waals surface area contributed by atoms with Gasteiger partial charge in [0.2, 0.25) is 5.24 Å². The molecule has 3 heteroatoms. The zero-order valence-electron chi connectivity index (χ0n) is 11.7. The van der Waals surface area contributed by atoms with E-state index in [-0.39, 0.29) is 16.6 Å². The number of hydrogen-bond donors (Lipinski definition) is 0. The van der Waals surface area contributed by atoms with E-state index < -0.39 is 0 Å². The Morgan fingerprint density at radius 1 is 1.39 bits per heavy atom. The predicted molar refractivity (Wildman–Crippen MR) is 75.4 cm³/mol. The van der Waals surface area contributed by atoms with Crippen LogP contribution in [0.2, 0.25) is 0 Å². The minimum absolute atomic E-state index is 0.0500. The standard InChI is InChI=1S/C15H21ClO2/c1-10-6-7-13(18-5)11(8-10)12(9-14(16)17)15(2,3)4/h6-8,12H,9H2,1-5H3. The molecular formula is C15H21ClO2. The minimum Gasteiger partial charge on any atom is -0.496 e. The maximum atomic E-state index is 11.3. The molecule has 0 heterocycles. The summed E-state index contributed by atoms with van der Waals surface area (Å²) >= 11 is 5.58. The third-order valence-corrected chi connectivity index (χ3v) is 3.32. The Labute approximate surface area is 114 Å². The Morgan fingerprint density at radius 2 is 2.00 bits per heavy atom. The van der Waals surface area contributed by atoms with Crippen molar-refractivity contribution in [2.75, 3.05) is 7.11 Å². The van der Waals surface area contributed by atoms with Crippen molar-refractivity contribution in [3.8, 4) is 5.75 Å². The van der Waals surface area contributed by atoms with E-state index in [0.29, 0.717) is 6.42 Å². The van der Waals surface area contributed by atoms with Gasteiger partial charge in [0.1, 0.15) is 5.75 Å². The first-order chi connectivity index (χ1) is 8.25. The first-order valence-electron chi connectivity index (χ1n) is 6.08. The normalized spacial score (nSPS) is 13.2. The van der Waals surface area contributed by atoms with Gasteiger partial charge in [0.15, 0.2) is 0 Å². The summed E-state index contributed by atoms with van der Waals surface area (Å²) in [5, 5.41) is -0.307. The van der Waals surface area contributed by atoms with E-state index in [1.807, 2.05) is 19.1 Å². The number of halogens is 1. The predicted octanol–water partition coefficient (Wildman–Crippen LogP) is 4.29. The second-order valence-electron chi connectivity index (χ2n) is 5.72. The van der Waals surface area contributed by atoms with E-state index in [1.54, 1.807) is 7.11 Å². The quantitative estimate of drug-likeness (QED) is 0.762. The molecule has 0 aliphatic heterocycles. The average Bonchev–Trinajstić information content (AvgIpc) is 2.24. The molecule has 0 aliphatic rings. The topological polar surface area (TPSA) is 26.3 Å². The van der Waals surface area contributed by atoms with E-state index in [1.165, 1.54) is 0 Å². The van der Waals surface area contributed by atoms with E-state index in [9.17, 15) is 4.79 Å². The molecule has 0 N–H and O–H groups in total. The number of rotatable bonds is 4. The fourth-order valence-corrected chi connectivity index (χ4v) is 2.32. The zero-order valence-corrected chi connectivity index (χ0v) is 12.5. The number of carbonyl (C=O) groups excluding carboxylic acids is 1. The Kier molecular flexibility index (Phi) is 4.80. The first-order valence-corrected chi connectivity index (χ1v) is 6.46. The second-order valence-corrected chi connectivity index (χ2v) is 6.14. The monoisotopic (exact) mass is 268 g/mol. The van der Waals surface area contributed by atoms with Crippen molar-refractivity contribution in [1.82, 2.24) is 0 Å². The fourth-order valence-electron chi connectivity index (χ4n) is 2.17. The Balaban J connectivity index is 3.27. The summed E-state index contributed by atoms with van der Waals surface area (Å²) in [5.41, 5.74) is 2.16. The highest BCUT2D eigenvalue weighted by Crippen LogP contribution is 2.42. The molecule has 0 aromatic heterocycles. The van der Waals surface area contributed by atoms with E-state index in [0.717, 1.165) is 16.9 Å². The van der Waals surface area contributed by atoms with Gasteiger partial charge in [-0.25, -0.2) is 0 Å². The van der Waals surface area contributed by atoms with Gasteiger partial charge in [-0.05, 0) is 35.6 Å². The van der Waals surface area contributed by atoms with Gasteiger partial charge in [-0.1, -0.05) is 38.5 Å². The molecule has 1 aromatic carbocycles. The zero-order chi connectivity index (χ0) is 13.9. The van der Waals surface area contributed by atoms with Gasteiger partial charge >= 0.3 is 0 Å². The number of aryl methyl sites for hydroxylation is 1. The van der Waals surface area contributed by atoms with Crippen LogP contribution < -0.4 is 4.74 Å². The van der Waals surface area contributed by atoms with E-state index in [4.69, 9.17) is 16.3 Å². The highest BCUT2D eigenvalue weighted by molar-refractivity contribution is 6.63. The lowest BCUT2D eigenvalue weighted by molar-refractivity contribution is -0.112. The molecule has 1 aromatic rings. The number of hydrogen-bond acceptors (Lipinski definition) is 2. The number of carbonyl (C=O) groups is 1. The Morgan fingerprint density at radius 3 is 2.44 bits per heavy atom. The SMILES string of the molecule is COc1ccc(C)cc1C(CC(=O)Cl)C(C)(C)C. The van der Waals surface area contributed by atoms with Gasteiger partial charge < -0.3 is 4.74 Å².